The monoisotopic (exact) mass is 266 g/mol. The van der Waals surface area contributed by atoms with Gasteiger partial charge in [0.2, 0.25) is 0 Å². The lowest BCUT2D eigenvalue weighted by atomic mass is 10.0. The molecule has 1 atom stereocenters. The van der Waals surface area contributed by atoms with Gasteiger partial charge in [0.1, 0.15) is 12.0 Å². The number of rotatable bonds is 1. The molecule has 2 saturated heterocycles. The lowest BCUT2D eigenvalue weighted by Gasteiger charge is -2.27. The summed E-state index contributed by atoms with van der Waals surface area (Å²) in [5.41, 5.74) is 0.871. The van der Waals surface area contributed by atoms with Gasteiger partial charge in [-0.1, -0.05) is 0 Å². The highest BCUT2D eigenvalue weighted by atomic mass is 32.1. The van der Waals surface area contributed by atoms with Gasteiger partial charge in [-0.2, -0.15) is 0 Å². The summed E-state index contributed by atoms with van der Waals surface area (Å²) in [6.45, 7) is 4.29. The zero-order valence-corrected chi connectivity index (χ0v) is 11.2. The number of fused-ring (bicyclic) bond motifs is 1. The Hall–Kier alpha value is -1.20. The predicted molar refractivity (Wildman–Crippen MR) is 71.5 cm³/mol. The molecule has 3 nitrogen and oxygen atoms in total. The van der Waals surface area contributed by atoms with Gasteiger partial charge in [-0.3, -0.25) is 4.90 Å². The van der Waals surface area contributed by atoms with Crippen molar-refractivity contribution in [2.75, 3.05) is 4.90 Å². The molecule has 0 spiro atoms. The lowest BCUT2D eigenvalue weighted by Crippen LogP contribution is -2.41. The standard InChI is InChI=1S/C13H15FN2OS/c1-13(2)8-7-11-15(12(18)17-16(11)13)10-5-3-9(14)4-6-10/h3-6,11H,7-8H2,1-2H3. The number of halogens is 1. The number of hydrogen-bond acceptors (Lipinski definition) is 3. The summed E-state index contributed by atoms with van der Waals surface area (Å²) in [5.74, 6) is -0.242. The van der Waals surface area contributed by atoms with E-state index in [0.717, 1.165) is 18.5 Å². The molecule has 2 aliphatic rings. The molecule has 5 heteroatoms. The van der Waals surface area contributed by atoms with Crippen molar-refractivity contribution in [2.24, 2.45) is 0 Å². The van der Waals surface area contributed by atoms with Crippen molar-refractivity contribution in [2.45, 2.75) is 38.4 Å². The van der Waals surface area contributed by atoms with Crippen molar-refractivity contribution in [1.29, 1.82) is 0 Å². The molecule has 2 aliphatic heterocycles. The molecule has 1 unspecified atom stereocenters. The maximum absolute atomic E-state index is 13.0. The van der Waals surface area contributed by atoms with E-state index in [1.165, 1.54) is 12.1 Å². The normalized spacial score (nSPS) is 26.3. The molecule has 96 valence electrons. The molecular formula is C13H15FN2OS. The smallest absolute Gasteiger partial charge is 0.287 e. The molecule has 3 rings (SSSR count). The van der Waals surface area contributed by atoms with Gasteiger partial charge < -0.3 is 4.84 Å². The van der Waals surface area contributed by atoms with E-state index in [1.807, 2.05) is 9.96 Å². The van der Waals surface area contributed by atoms with Crippen molar-refractivity contribution < 1.29 is 9.23 Å². The molecule has 1 aromatic rings. The molecule has 0 N–H and O–H groups in total. The van der Waals surface area contributed by atoms with E-state index in [-0.39, 0.29) is 17.5 Å². The van der Waals surface area contributed by atoms with Crippen LogP contribution in [0.25, 0.3) is 0 Å². The number of hydrogen-bond donors (Lipinski definition) is 0. The van der Waals surface area contributed by atoms with Gasteiger partial charge in [0.25, 0.3) is 5.17 Å². The van der Waals surface area contributed by atoms with Gasteiger partial charge in [0, 0.05) is 5.69 Å². The van der Waals surface area contributed by atoms with Crippen LogP contribution in [-0.4, -0.2) is 21.9 Å². The number of anilines is 1. The topological polar surface area (TPSA) is 15.7 Å². The Bertz CT molecular complexity index is 488. The molecule has 0 bridgehead atoms. The number of thiocarbonyl (C=S) groups is 1. The Morgan fingerprint density at radius 1 is 1.33 bits per heavy atom. The Kier molecular flexibility index (Phi) is 2.57. The molecule has 2 fully saturated rings. The highest BCUT2D eigenvalue weighted by molar-refractivity contribution is 7.80. The fourth-order valence-corrected chi connectivity index (χ4v) is 2.97. The molecule has 0 aromatic heterocycles. The van der Waals surface area contributed by atoms with Crippen LogP contribution < -0.4 is 4.90 Å². The van der Waals surface area contributed by atoms with Gasteiger partial charge in [0.05, 0.1) is 5.54 Å². The maximum Gasteiger partial charge on any atom is 0.287 e. The van der Waals surface area contributed by atoms with Crippen LogP contribution in [0.2, 0.25) is 0 Å². The Balaban J connectivity index is 1.94. The zero-order chi connectivity index (χ0) is 12.9. The van der Waals surface area contributed by atoms with Crippen LogP contribution in [0.5, 0.6) is 0 Å². The second kappa shape index (κ2) is 3.90. The first-order valence-electron chi connectivity index (χ1n) is 6.05. The summed E-state index contributed by atoms with van der Waals surface area (Å²) in [6.07, 6.45) is 2.17. The first-order valence-corrected chi connectivity index (χ1v) is 6.46. The first-order chi connectivity index (χ1) is 8.49. The van der Waals surface area contributed by atoms with Gasteiger partial charge in [-0.05, 0) is 63.2 Å². The average Bonchev–Trinajstić information content (AvgIpc) is 2.79. The molecule has 0 amide bonds. The van der Waals surface area contributed by atoms with Crippen LogP contribution in [0.4, 0.5) is 10.1 Å². The van der Waals surface area contributed by atoms with E-state index in [1.54, 1.807) is 12.1 Å². The van der Waals surface area contributed by atoms with Crippen molar-refractivity contribution in [3.8, 4) is 0 Å². The van der Waals surface area contributed by atoms with Gasteiger partial charge >= 0.3 is 0 Å². The van der Waals surface area contributed by atoms with E-state index >= 15 is 0 Å². The van der Waals surface area contributed by atoms with Crippen molar-refractivity contribution in [3.63, 3.8) is 0 Å². The molecule has 2 heterocycles. The van der Waals surface area contributed by atoms with Crippen molar-refractivity contribution in [1.82, 2.24) is 5.06 Å². The molecular weight excluding hydrogens is 251 g/mol. The molecule has 0 saturated carbocycles. The quantitative estimate of drug-likeness (QED) is 0.726. The second-order valence-corrected chi connectivity index (χ2v) is 5.71. The van der Waals surface area contributed by atoms with E-state index in [2.05, 4.69) is 13.8 Å². The predicted octanol–water partition coefficient (Wildman–Crippen LogP) is 3.06. The summed E-state index contributed by atoms with van der Waals surface area (Å²) < 4.78 is 13.0. The molecule has 1 aromatic carbocycles. The Morgan fingerprint density at radius 2 is 2.00 bits per heavy atom. The van der Waals surface area contributed by atoms with Gasteiger partial charge in [-0.15, -0.1) is 5.06 Å². The fraction of sp³-hybridized carbons (Fsp3) is 0.462. The third-order valence-electron chi connectivity index (χ3n) is 3.66. The molecule has 18 heavy (non-hydrogen) atoms. The van der Waals surface area contributed by atoms with Crippen LogP contribution in [-0.2, 0) is 4.84 Å². The summed E-state index contributed by atoms with van der Waals surface area (Å²) in [6, 6.07) is 6.36. The number of hydroxylamine groups is 2. The highest BCUT2D eigenvalue weighted by Crippen LogP contribution is 2.41. The third kappa shape index (κ3) is 1.69. The Morgan fingerprint density at radius 3 is 2.67 bits per heavy atom. The van der Waals surface area contributed by atoms with E-state index < -0.39 is 0 Å². The number of benzene rings is 1. The highest BCUT2D eigenvalue weighted by Gasteiger charge is 2.50. The van der Waals surface area contributed by atoms with Gasteiger partial charge in [-0.25, -0.2) is 4.39 Å². The van der Waals surface area contributed by atoms with E-state index in [0.29, 0.717) is 5.17 Å². The summed E-state index contributed by atoms with van der Waals surface area (Å²) in [5, 5.41) is 2.40. The average molecular weight is 266 g/mol. The summed E-state index contributed by atoms with van der Waals surface area (Å²) >= 11 is 5.28. The zero-order valence-electron chi connectivity index (χ0n) is 10.4. The first kappa shape index (κ1) is 11.9. The van der Waals surface area contributed by atoms with Gasteiger partial charge in [0.15, 0.2) is 0 Å². The minimum Gasteiger partial charge on any atom is -0.372 e. The summed E-state index contributed by atoms with van der Waals surface area (Å²) in [4.78, 5) is 7.66. The maximum atomic E-state index is 13.0. The van der Waals surface area contributed by atoms with Crippen LogP contribution in [0.3, 0.4) is 0 Å². The Labute approximate surface area is 111 Å². The van der Waals surface area contributed by atoms with Crippen molar-refractivity contribution in [3.05, 3.63) is 30.1 Å². The van der Waals surface area contributed by atoms with Crippen LogP contribution in [0.1, 0.15) is 26.7 Å². The van der Waals surface area contributed by atoms with Crippen molar-refractivity contribution >= 4 is 23.1 Å². The second-order valence-electron chi connectivity index (χ2n) is 5.36. The van der Waals surface area contributed by atoms with E-state index in [9.17, 15) is 4.39 Å². The van der Waals surface area contributed by atoms with Crippen LogP contribution in [0.15, 0.2) is 24.3 Å². The van der Waals surface area contributed by atoms with Crippen LogP contribution >= 0.6 is 12.2 Å². The minimum atomic E-state index is -0.242. The largest absolute Gasteiger partial charge is 0.372 e. The van der Waals surface area contributed by atoms with Crippen LogP contribution in [0, 0.1) is 5.82 Å². The molecule has 0 aliphatic carbocycles. The lowest BCUT2D eigenvalue weighted by molar-refractivity contribution is -0.117. The fourth-order valence-electron chi connectivity index (χ4n) is 2.66. The molecule has 0 radical (unpaired) electrons. The summed E-state index contributed by atoms with van der Waals surface area (Å²) in [7, 11) is 0. The SMILES string of the molecule is CC1(C)CCC2N(c3ccc(F)cc3)C(=S)ON21. The van der Waals surface area contributed by atoms with E-state index in [4.69, 9.17) is 17.1 Å². The number of nitrogens with zero attached hydrogens (tertiary/aromatic N) is 2. The third-order valence-corrected chi connectivity index (χ3v) is 3.93. The minimum absolute atomic E-state index is 0.0104.